The van der Waals surface area contributed by atoms with Crippen LogP contribution in [0.5, 0.6) is 5.75 Å². The van der Waals surface area contributed by atoms with Crippen molar-refractivity contribution >= 4 is 75.5 Å². The molecule has 2 aliphatic rings. The number of morpholine rings is 1. The van der Waals surface area contributed by atoms with Crippen molar-refractivity contribution in [1.82, 2.24) is 9.80 Å². The maximum Gasteiger partial charge on any atom is 0.275 e. The van der Waals surface area contributed by atoms with Crippen LogP contribution in [0.15, 0.2) is 66.7 Å². The molecule has 0 bridgehead atoms. The zero-order valence-corrected chi connectivity index (χ0v) is 30.0. The number of hydrogen-bond acceptors (Lipinski definition) is 5. The number of carbonyl (C=O) groups is 2. The lowest BCUT2D eigenvalue weighted by Gasteiger charge is -2.40. The van der Waals surface area contributed by atoms with Crippen LogP contribution in [0, 0.1) is 11.7 Å². The van der Waals surface area contributed by atoms with Crippen LogP contribution in [0.25, 0.3) is 0 Å². The average Bonchev–Trinajstić information content (AvgIpc) is 3.06. The largest absolute Gasteiger partial charge is 0.492 e. The van der Waals surface area contributed by atoms with Gasteiger partial charge in [-0.3, -0.25) is 14.5 Å². The molecule has 0 spiro atoms. The van der Waals surface area contributed by atoms with E-state index in [0.717, 1.165) is 32.5 Å². The summed E-state index contributed by atoms with van der Waals surface area (Å²) in [6, 6.07) is 17.7. The molecule has 258 valence electrons. The Balaban J connectivity index is 1.36. The molecular formula is C35H37Cl5FN3O4. The lowest BCUT2D eigenvalue weighted by molar-refractivity contribution is -0.134. The third kappa shape index (κ3) is 10.4. The molecule has 1 heterocycles. The number of halogens is 6. The molecule has 3 aromatic rings. The van der Waals surface area contributed by atoms with E-state index >= 15 is 0 Å². The van der Waals surface area contributed by atoms with Gasteiger partial charge in [0, 0.05) is 66.1 Å². The van der Waals surface area contributed by atoms with Crippen molar-refractivity contribution in [3.05, 3.63) is 93.7 Å². The van der Waals surface area contributed by atoms with Crippen molar-refractivity contribution in [3.8, 4) is 5.75 Å². The molecule has 2 atom stereocenters. The molecule has 1 aliphatic carbocycles. The van der Waals surface area contributed by atoms with Crippen LogP contribution in [0.1, 0.15) is 41.6 Å². The van der Waals surface area contributed by atoms with E-state index < -0.39 is 15.5 Å². The summed E-state index contributed by atoms with van der Waals surface area (Å²) in [4.78, 5) is 33.1. The van der Waals surface area contributed by atoms with Gasteiger partial charge in [-0.25, -0.2) is 4.39 Å². The first-order chi connectivity index (χ1) is 23.0. The van der Waals surface area contributed by atoms with Gasteiger partial charge in [-0.05, 0) is 85.3 Å². The van der Waals surface area contributed by atoms with E-state index in [1.165, 1.54) is 24.3 Å². The van der Waals surface area contributed by atoms with Crippen LogP contribution in [0.3, 0.4) is 0 Å². The predicted molar refractivity (Wildman–Crippen MR) is 190 cm³/mol. The van der Waals surface area contributed by atoms with E-state index in [1.54, 1.807) is 28.0 Å². The smallest absolute Gasteiger partial charge is 0.275 e. The molecule has 0 aromatic heterocycles. The summed E-state index contributed by atoms with van der Waals surface area (Å²) in [5.74, 6) is -0.712. The van der Waals surface area contributed by atoms with Crippen molar-refractivity contribution < 1.29 is 23.5 Å². The second-order valence-electron chi connectivity index (χ2n) is 12.1. The van der Waals surface area contributed by atoms with Crippen LogP contribution in [-0.2, 0) is 16.1 Å². The van der Waals surface area contributed by atoms with Crippen LogP contribution in [0.2, 0.25) is 10.0 Å². The van der Waals surface area contributed by atoms with Gasteiger partial charge in [0.1, 0.15) is 18.2 Å². The van der Waals surface area contributed by atoms with E-state index in [4.69, 9.17) is 67.5 Å². The van der Waals surface area contributed by atoms with Crippen molar-refractivity contribution in [2.45, 2.75) is 42.1 Å². The minimum atomic E-state index is -2.16. The lowest BCUT2D eigenvalue weighted by atomic mass is 9.84. The number of rotatable bonds is 11. The molecule has 7 nitrogen and oxygen atoms in total. The summed E-state index contributed by atoms with van der Waals surface area (Å²) >= 11 is 30.9. The van der Waals surface area contributed by atoms with Gasteiger partial charge in [0.05, 0.1) is 13.2 Å². The van der Waals surface area contributed by atoms with Gasteiger partial charge >= 0.3 is 0 Å². The molecule has 1 aliphatic heterocycles. The molecule has 2 fully saturated rings. The minimum absolute atomic E-state index is 0.00679. The fourth-order valence-corrected chi connectivity index (χ4v) is 7.21. The normalized spacial score (nSPS) is 18.7. The first kappa shape index (κ1) is 37.0. The SMILES string of the molecule is O=C(c1ccc(F)cc1)N(CC1CCCC(N(Cc2cc(Cl)cc(Cl)c2)C(=O)C(Cl)(Cl)Cl)C1)c1cccc(OCCN2CCOCC2)c1. The Bertz CT molecular complexity index is 1530. The highest BCUT2D eigenvalue weighted by Gasteiger charge is 2.40. The maximum atomic E-state index is 14.0. The van der Waals surface area contributed by atoms with Gasteiger partial charge in [-0.15, -0.1) is 0 Å². The minimum Gasteiger partial charge on any atom is -0.492 e. The van der Waals surface area contributed by atoms with Crippen LogP contribution < -0.4 is 9.64 Å². The average molecular weight is 760 g/mol. The standard InChI is InChI=1S/C35H37Cl5FN3O4/c36-27-17-25(18-28(37)20-27)23-44(34(46)35(38,39)40)30-4-1-3-24(19-30)22-43(33(45)26-7-9-29(41)10-8-26)31-5-2-6-32(21-31)48-16-13-42-11-14-47-15-12-42/h2,5-10,17-18,20-21,24,30H,1,3-4,11-16,19,22-23H2. The fraction of sp³-hybridized carbons (Fsp3) is 0.429. The first-order valence-corrected chi connectivity index (χ1v) is 17.8. The van der Waals surface area contributed by atoms with Crippen LogP contribution in [0.4, 0.5) is 10.1 Å². The Hall–Kier alpha value is -2.30. The van der Waals surface area contributed by atoms with Gasteiger partial charge in [0.25, 0.3) is 15.6 Å². The van der Waals surface area contributed by atoms with E-state index in [0.29, 0.717) is 71.8 Å². The number of hydrogen-bond donors (Lipinski definition) is 0. The number of benzene rings is 3. The summed E-state index contributed by atoms with van der Waals surface area (Å²) < 4.78 is 23.2. The lowest BCUT2D eigenvalue weighted by Crippen LogP contribution is -2.48. The summed E-state index contributed by atoms with van der Waals surface area (Å²) in [7, 11) is 0. The van der Waals surface area contributed by atoms with Gasteiger partial charge in [0.15, 0.2) is 0 Å². The number of nitrogens with zero attached hydrogens (tertiary/aromatic N) is 3. The second kappa shape index (κ2) is 17.1. The molecule has 0 N–H and O–H groups in total. The summed E-state index contributed by atoms with van der Waals surface area (Å²) in [5, 5.41) is 0.866. The number of ether oxygens (including phenoxy) is 2. The molecule has 1 saturated heterocycles. The monoisotopic (exact) mass is 757 g/mol. The number of alkyl halides is 3. The third-order valence-electron chi connectivity index (χ3n) is 8.66. The maximum absolute atomic E-state index is 14.0. The Morgan fingerprint density at radius 2 is 1.67 bits per heavy atom. The Morgan fingerprint density at radius 1 is 0.958 bits per heavy atom. The highest BCUT2D eigenvalue weighted by Crippen LogP contribution is 2.36. The van der Waals surface area contributed by atoms with Crippen molar-refractivity contribution in [3.63, 3.8) is 0 Å². The molecule has 13 heteroatoms. The van der Waals surface area contributed by atoms with Crippen molar-refractivity contribution in [2.75, 3.05) is 50.9 Å². The van der Waals surface area contributed by atoms with Gasteiger partial charge in [0.2, 0.25) is 0 Å². The fourth-order valence-electron chi connectivity index (χ4n) is 6.31. The summed E-state index contributed by atoms with van der Waals surface area (Å²) in [5.41, 5.74) is 1.71. The van der Waals surface area contributed by atoms with Crippen LogP contribution in [-0.4, -0.2) is 77.4 Å². The second-order valence-corrected chi connectivity index (χ2v) is 15.3. The zero-order chi connectivity index (χ0) is 34.3. The highest BCUT2D eigenvalue weighted by molar-refractivity contribution is 6.76. The van der Waals surface area contributed by atoms with E-state index in [1.807, 2.05) is 24.3 Å². The van der Waals surface area contributed by atoms with E-state index in [2.05, 4.69) is 4.90 Å². The zero-order valence-electron chi connectivity index (χ0n) is 26.2. The Morgan fingerprint density at radius 3 is 2.35 bits per heavy atom. The predicted octanol–water partition coefficient (Wildman–Crippen LogP) is 8.45. The molecule has 5 rings (SSSR count). The van der Waals surface area contributed by atoms with Gasteiger partial charge in [-0.2, -0.15) is 0 Å². The van der Waals surface area contributed by atoms with Gasteiger partial charge in [-0.1, -0.05) is 70.5 Å². The topological polar surface area (TPSA) is 62.3 Å². The molecule has 3 aromatic carbocycles. The number of amides is 2. The molecule has 48 heavy (non-hydrogen) atoms. The Kier molecular flexibility index (Phi) is 13.2. The molecule has 0 radical (unpaired) electrons. The van der Waals surface area contributed by atoms with E-state index in [9.17, 15) is 14.0 Å². The van der Waals surface area contributed by atoms with E-state index in [-0.39, 0.29) is 24.4 Å². The van der Waals surface area contributed by atoms with Crippen molar-refractivity contribution in [1.29, 1.82) is 0 Å². The Labute approximate surface area is 305 Å². The highest BCUT2D eigenvalue weighted by atomic mass is 35.6. The first-order valence-electron chi connectivity index (χ1n) is 15.9. The molecule has 2 amide bonds. The number of anilines is 1. The third-order valence-corrected chi connectivity index (χ3v) is 9.58. The molecule has 2 unspecified atom stereocenters. The summed E-state index contributed by atoms with van der Waals surface area (Å²) in [6.07, 6.45) is 2.86. The number of carbonyl (C=O) groups excluding carboxylic acids is 2. The van der Waals surface area contributed by atoms with Gasteiger partial charge < -0.3 is 19.3 Å². The summed E-state index contributed by atoms with van der Waals surface area (Å²) in [6.45, 7) is 4.90. The molecule has 1 saturated carbocycles. The van der Waals surface area contributed by atoms with Crippen molar-refractivity contribution in [2.24, 2.45) is 5.92 Å². The van der Waals surface area contributed by atoms with Crippen LogP contribution >= 0.6 is 58.0 Å². The molecular weight excluding hydrogens is 723 g/mol. The quantitative estimate of drug-likeness (QED) is 0.184.